The van der Waals surface area contributed by atoms with Crippen molar-refractivity contribution in [3.05, 3.63) is 23.8 Å². The molecule has 0 aromatic heterocycles. The number of sulfonamides is 1. The molecule has 0 radical (unpaired) electrons. The Bertz CT molecular complexity index is 530. The number of ether oxygens (including phenoxy) is 1. The van der Waals surface area contributed by atoms with Crippen LogP contribution in [-0.2, 0) is 14.8 Å². The molecule has 0 bridgehead atoms. The minimum Gasteiger partial charge on any atom is -0.398 e. The van der Waals surface area contributed by atoms with Crippen LogP contribution in [0.5, 0.6) is 0 Å². The fourth-order valence-corrected chi connectivity index (χ4v) is 2.71. The van der Waals surface area contributed by atoms with Crippen molar-refractivity contribution in [2.75, 3.05) is 46.1 Å². The number of benzene rings is 1. The Balaban J connectivity index is 2.46. The van der Waals surface area contributed by atoms with Gasteiger partial charge in [-0.2, -0.15) is 0 Å². The second kappa shape index (κ2) is 7.58. The standard InChI is InChI=1S/C13H23N3O3S/c1-11-4-5-13(12(14)10-11)20(17,18)15-6-8-19-9-7-16(2)3/h4-5,10,15H,6-9,14H2,1-3H3. The summed E-state index contributed by atoms with van der Waals surface area (Å²) in [5, 5.41) is 0. The molecule has 1 aromatic rings. The maximum atomic E-state index is 12.1. The highest BCUT2D eigenvalue weighted by molar-refractivity contribution is 7.89. The molecule has 0 heterocycles. The molecule has 0 aliphatic heterocycles. The predicted octanol–water partition coefficient (Wildman–Crippen LogP) is 0.434. The molecule has 0 unspecified atom stereocenters. The highest BCUT2D eigenvalue weighted by Crippen LogP contribution is 2.18. The normalized spacial score (nSPS) is 12.0. The second-order valence-corrected chi connectivity index (χ2v) is 6.59. The number of hydrogen-bond donors (Lipinski definition) is 2. The summed E-state index contributed by atoms with van der Waals surface area (Å²) < 4.78 is 31.9. The van der Waals surface area contributed by atoms with E-state index in [4.69, 9.17) is 10.5 Å². The Morgan fingerprint density at radius 2 is 2.00 bits per heavy atom. The largest absolute Gasteiger partial charge is 0.398 e. The molecule has 0 spiro atoms. The number of nitrogens with zero attached hydrogens (tertiary/aromatic N) is 1. The van der Waals surface area contributed by atoms with E-state index in [0.717, 1.165) is 12.1 Å². The first-order valence-corrected chi connectivity index (χ1v) is 7.89. The lowest BCUT2D eigenvalue weighted by atomic mass is 10.2. The lowest BCUT2D eigenvalue weighted by molar-refractivity contribution is 0.122. The Morgan fingerprint density at radius 1 is 1.30 bits per heavy atom. The average Bonchev–Trinajstić information content (AvgIpc) is 2.32. The number of aryl methyl sites for hydroxylation is 1. The van der Waals surface area contributed by atoms with Crippen LogP contribution in [0, 0.1) is 6.92 Å². The van der Waals surface area contributed by atoms with Gasteiger partial charge in [0.05, 0.1) is 18.9 Å². The van der Waals surface area contributed by atoms with E-state index in [1.807, 2.05) is 25.9 Å². The van der Waals surface area contributed by atoms with Gasteiger partial charge in [0.25, 0.3) is 0 Å². The monoisotopic (exact) mass is 301 g/mol. The quantitative estimate of drug-likeness (QED) is 0.537. The molecule has 0 aliphatic carbocycles. The summed E-state index contributed by atoms with van der Waals surface area (Å²) in [5.41, 5.74) is 6.92. The molecule has 0 saturated carbocycles. The van der Waals surface area contributed by atoms with E-state index in [1.54, 1.807) is 12.1 Å². The highest BCUT2D eigenvalue weighted by Gasteiger charge is 2.16. The average molecular weight is 301 g/mol. The summed E-state index contributed by atoms with van der Waals surface area (Å²) in [6.45, 7) is 3.79. The van der Waals surface area contributed by atoms with Gasteiger partial charge in [0.2, 0.25) is 10.0 Å². The van der Waals surface area contributed by atoms with Crippen LogP contribution >= 0.6 is 0 Å². The molecule has 114 valence electrons. The minimum atomic E-state index is -3.58. The Labute approximate surface area is 121 Å². The van der Waals surface area contributed by atoms with Gasteiger partial charge in [-0.25, -0.2) is 13.1 Å². The first kappa shape index (κ1) is 16.9. The van der Waals surface area contributed by atoms with Gasteiger partial charge in [0.15, 0.2) is 0 Å². The van der Waals surface area contributed by atoms with Crippen molar-refractivity contribution in [3.8, 4) is 0 Å². The van der Waals surface area contributed by atoms with Crippen molar-refractivity contribution in [1.82, 2.24) is 9.62 Å². The second-order valence-electron chi connectivity index (χ2n) is 4.85. The molecular formula is C13H23N3O3S. The van der Waals surface area contributed by atoms with Gasteiger partial charge in [-0.1, -0.05) is 6.07 Å². The molecule has 0 atom stereocenters. The minimum absolute atomic E-state index is 0.108. The number of nitrogens with two attached hydrogens (primary N) is 1. The van der Waals surface area contributed by atoms with Crippen molar-refractivity contribution < 1.29 is 13.2 Å². The Kier molecular flexibility index (Phi) is 6.41. The van der Waals surface area contributed by atoms with Gasteiger partial charge in [-0.05, 0) is 38.7 Å². The van der Waals surface area contributed by atoms with Gasteiger partial charge >= 0.3 is 0 Å². The van der Waals surface area contributed by atoms with E-state index in [1.165, 1.54) is 6.07 Å². The van der Waals surface area contributed by atoms with Crippen LogP contribution in [0.3, 0.4) is 0 Å². The van der Waals surface area contributed by atoms with Crippen molar-refractivity contribution in [3.63, 3.8) is 0 Å². The number of hydrogen-bond acceptors (Lipinski definition) is 5. The lowest BCUT2D eigenvalue weighted by Gasteiger charge is -2.11. The van der Waals surface area contributed by atoms with E-state index in [-0.39, 0.29) is 17.1 Å². The third-order valence-electron chi connectivity index (χ3n) is 2.68. The van der Waals surface area contributed by atoms with Crippen molar-refractivity contribution in [1.29, 1.82) is 0 Å². The first-order chi connectivity index (χ1) is 9.33. The van der Waals surface area contributed by atoms with E-state index >= 15 is 0 Å². The third kappa shape index (κ3) is 5.46. The van der Waals surface area contributed by atoms with Crippen LogP contribution < -0.4 is 10.5 Å². The van der Waals surface area contributed by atoms with Crippen LogP contribution in [0.2, 0.25) is 0 Å². The first-order valence-electron chi connectivity index (χ1n) is 6.41. The predicted molar refractivity (Wildman–Crippen MR) is 80.2 cm³/mol. The molecule has 1 rings (SSSR count). The van der Waals surface area contributed by atoms with E-state index in [2.05, 4.69) is 4.72 Å². The van der Waals surface area contributed by atoms with Crippen LogP contribution in [0.15, 0.2) is 23.1 Å². The zero-order valence-electron chi connectivity index (χ0n) is 12.2. The zero-order valence-corrected chi connectivity index (χ0v) is 13.0. The molecule has 0 saturated heterocycles. The summed E-state index contributed by atoms with van der Waals surface area (Å²) in [5.74, 6) is 0. The number of nitrogens with one attached hydrogen (secondary N) is 1. The summed E-state index contributed by atoms with van der Waals surface area (Å²) in [7, 11) is 0.325. The van der Waals surface area contributed by atoms with Crippen molar-refractivity contribution >= 4 is 15.7 Å². The molecular weight excluding hydrogens is 278 g/mol. The van der Waals surface area contributed by atoms with E-state index in [0.29, 0.717) is 13.2 Å². The van der Waals surface area contributed by atoms with Crippen LogP contribution in [0.4, 0.5) is 5.69 Å². The van der Waals surface area contributed by atoms with Gasteiger partial charge in [0, 0.05) is 13.1 Å². The van der Waals surface area contributed by atoms with Crippen LogP contribution in [0.25, 0.3) is 0 Å². The maximum absolute atomic E-state index is 12.1. The molecule has 20 heavy (non-hydrogen) atoms. The number of likely N-dealkylation sites (N-methyl/N-ethyl adjacent to an activating group) is 1. The molecule has 6 nitrogen and oxygen atoms in total. The summed E-state index contributed by atoms with van der Waals surface area (Å²) in [4.78, 5) is 2.10. The lowest BCUT2D eigenvalue weighted by Crippen LogP contribution is -2.29. The van der Waals surface area contributed by atoms with Crippen LogP contribution in [0.1, 0.15) is 5.56 Å². The smallest absolute Gasteiger partial charge is 0.242 e. The van der Waals surface area contributed by atoms with Gasteiger partial charge < -0.3 is 15.4 Å². The topological polar surface area (TPSA) is 84.7 Å². The summed E-state index contributed by atoms with van der Waals surface area (Å²) in [6.07, 6.45) is 0. The molecule has 0 fully saturated rings. The zero-order chi connectivity index (χ0) is 15.2. The van der Waals surface area contributed by atoms with Gasteiger partial charge in [0.1, 0.15) is 4.90 Å². The number of anilines is 1. The Morgan fingerprint density at radius 3 is 2.60 bits per heavy atom. The van der Waals surface area contributed by atoms with Gasteiger partial charge in [-0.3, -0.25) is 0 Å². The number of nitrogen functional groups attached to an aromatic ring is 1. The summed E-state index contributed by atoms with van der Waals surface area (Å²) in [6, 6.07) is 4.88. The number of rotatable bonds is 8. The van der Waals surface area contributed by atoms with E-state index < -0.39 is 10.0 Å². The third-order valence-corrected chi connectivity index (χ3v) is 4.21. The molecule has 0 amide bonds. The SMILES string of the molecule is Cc1ccc(S(=O)(=O)NCCOCCN(C)C)c(N)c1. The van der Waals surface area contributed by atoms with Crippen LogP contribution in [-0.4, -0.2) is 53.7 Å². The van der Waals surface area contributed by atoms with Crippen molar-refractivity contribution in [2.24, 2.45) is 0 Å². The maximum Gasteiger partial charge on any atom is 0.242 e. The fourth-order valence-electron chi connectivity index (χ4n) is 1.59. The molecule has 1 aromatic carbocycles. The van der Waals surface area contributed by atoms with Crippen molar-refractivity contribution in [2.45, 2.75) is 11.8 Å². The summed E-state index contributed by atoms with van der Waals surface area (Å²) >= 11 is 0. The Hall–Kier alpha value is -1.15. The van der Waals surface area contributed by atoms with E-state index in [9.17, 15) is 8.42 Å². The fraction of sp³-hybridized carbons (Fsp3) is 0.538. The molecule has 0 aliphatic rings. The van der Waals surface area contributed by atoms with Gasteiger partial charge in [-0.15, -0.1) is 0 Å². The highest BCUT2D eigenvalue weighted by atomic mass is 32.2. The molecule has 7 heteroatoms. The molecule has 3 N–H and O–H groups in total.